The topological polar surface area (TPSA) is 43.9 Å². The van der Waals surface area contributed by atoms with E-state index in [0.717, 1.165) is 22.4 Å². The van der Waals surface area contributed by atoms with Gasteiger partial charge in [-0.05, 0) is 37.6 Å². The molecule has 0 aliphatic heterocycles. The van der Waals surface area contributed by atoms with Crippen molar-refractivity contribution in [3.63, 3.8) is 0 Å². The summed E-state index contributed by atoms with van der Waals surface area (Å²) in [5, 5.41) is 4.60. The van der Waals surface area contributed by atoms with Gasteiger partial charge in [-0.25, -0.2) is 0 Å². The Morgan fingerprint density at radius 3 is 2.68 bits per heavy atom. The highest BCUT2D eigenvalue weighted by atomic mass is 16.4. The highest BCUT2D eigenvalue weighted by Gasteiger charge is 2.11. The maximum atomic E-state index is 5.74. The van der Waals surface area contributed by atoms with Crippen molar-refractivity contribution in [1.29, 1.82) is 0 Å². The minimum absolute atomic E-state index is 0.484. The van der Waals surface area contributed by atoms with Crippen LogP contribution in [0.15, 0.2) is 59.1 Å². The van der Waals surface area contributed by atoms with Gasteiger partial charge in [0.1, 0.15) is 5.52 Å². The van der Waals surface area contributed by atoms with Crippen molar-refractivity contribution in [2.75, 3.05) is 0 Å². The lowest BCUT2D eigenvalue weighted by Gasteiger charge is -2.03. The molecule has 0 radical (unpaired) electrons. The van der Waals surface area contributed by atoms with Crippen LogP contribution in [-0.4, -0.2) is 14.8 Å². The van der Waals surface area contributed by atoms with Gasteiger partial charge >= 0.3 is 6.01 Å². The monoisotopic (exact) mass is 289 g/mol. The summed E-state index contributed by atoms with van der Waals surface area (Å²) in [6.07, 6.45) is 1.87. The van der Waals surface area contributed by atoms with Crippen molar-refractivity contribution >= 4 is 11.1 Å². The average Bonchev–Trinajstić information content (AvgIpc) is 3.13. The molecule has 4 nitrogen and oxygen atoms in total. The Morgan fingerprint density at radius 2 is 1.86 bits per heavy atom. The first-order valence-corrected chi connectivity index (χ1v) is 7.20. The smallest absolute Gasteiger partial charge is 0.323 e. The Balaban J connectivity index is 1.77. The molecule has 0 aliphatic rings. The van der Waals surface area contributed by atoms with Crippen LogP contribution < -0.4 is 0 Å². The zero-order valence-electron chi connectivity index (χ0n) is 12.4. The summed E-state index contributed by atoms with van der Waals surface area (Å²) >= 11 is 0. The molecule has 0 amide bonds. The van der Waals surface area contributed by atoms with E-state index in [4.69, 9.17) is 4.42 Å². The number of fused-ring (bicyclic) bond motifs is 1. The zero-order valence-corrected chi connectivity index (χ0v) is 12.4. The first-order valence-electron chi connectivity index (χ1n) is 7.20. The third-order valence-corrected chi connectivity index (χ3v) is 3.73. The van der Waals surface area contributed by atoms with Crippen LogP contribution in [0.25, 0.3) is 28.4 Å². The summed E-state index contributed by atoms with van der Waals surface area (Å²) in [6.45, 7) is 4.19. The molecule has 4 aromatic rings. The Labute approximate surface area is 128 Å². The van der Waals surface area contributed by atoms with Crippen molar-refractivity contribution in [3.8, 4) is 17.3 Å². The second-order valence-corrected chi connectivity index (χ2v) is 5.43. The van der Waals surface area contributed by atoms with Gasteiger partial charge in [-0.15, -0.1) is 0 Å². The van der Waals surface area contributed by atoms with Gasteiger partial charge in [-0.3, -0.25) is 0 Å². The first-order chi connectivity index (χ1) is 10.7. The van der Waals surface area contributed by atoms with Crippen LogP contribution in [0.1, 0.15) is 11.1 Å². The fourth-order valence-electron chi connectivity index (χ4n) is 2.63. The minimum Gasteiger partial charge on any atom is -0.422 e. The largest absolute Gasteiger partial charge is 0.422 e. The van der Waals surface area contributed by atoms with Gasteiger partial charge in [0, 0.05) is 11.8 Å². The maximum Gasteiger partial charge on any atom is 0.323 e. The summed E-state index contributed by atoms with van der Waals surface area (Å²) in [7, 11) is 0. The van der Waals surface area contributed by atoms with Gasteiger partial charge in [0.05, 0.1) is 5.69 Å². The van der Waals surface area contributed by atoms with E-state index < -0.39 is 0 Å². The summed E-state index contributed by atoms with van der Waals surface area (Å²) < 4.78 is 7.42. The van der Waals surface area contributed by atoms with Crippen LogP contribution in [0, 0.1) is 13.8 Å². The molecule has 0 N–H and O–H groups in total. The quantitative estimate of drug-likeness (QED) is 0.552. The van der Waals surface area contributed by atoms with E-state index in [2.05, 4.69) is 42.1 Å². The molecule has 2 aromatic carbocycles. The highest BCUT2D eigenvalue weighted by molar-refractivity contribution is 5.73. The van der Waals surface area contributed by atoms with Gasteiger partial charge in [-0.1, -0.05) is 35.9 Å². The minimum atomic E-state index is 0.484. The van der Waals surface area contributed by atoms with Crippen molar-refractivity contribution in [1.82, 2.24) is 14.8 Å². The van der Waals surface area contributed by atoms with Crippen molar-refractivity contribution in [3.05, 3.63) is 65.9 Å². The molecule has 0 saturated carbocycles. The number of rotatable bonds is 2. The highest BCUT2D eigenvalue weighted by Crippen LogP contribution is 2.24. The van der Waals surface area contributed by atoms with Crippen LogP contribution in [0.3, 0.4) is 0 Å². The molecular weight excluding hydrogens is 274 g/mol. The van der Waals surface area contributed by atoms with E-state index in [1.165, 1.54) is 11.1 Å². The van der Waals surface area contributed by atoms with E-state index >= 15 is 0 Å². The molecule has 2 aromatic heterocycles. The summed E-state index contributed by atoms with van der Waals surface area (Å²) in [4.78, 5) is 4.46. The van der Waals surface area contributed by atoms with E-state index in [0.29, 0.717) is 6.01 Å². The normalized spacial score (nSPS) is 11.2. The van der Waals surface area contributed by atoms with Crippen LogP contribution in [0.5, 0.6) is 0 Å². The van der Waals surface area contributed by atoms with Gasteiger partial charge < -0.3 is 4.42 Å². The number of aromatic nitrogens is 3. The molecule has 22 heavy (non-hydrogen) atoms. The van der Waals surface area contributed by atoms with Crippen LogP contribution in [0.4, 0.5) is 0 Å². The molecule has 0 atom stereocenters. The molecule has 0 bridgehead atoms. The van der Waals surface area contributed by atoms with E-state index in [-0.39, 0.29) is 0 Å². The third-order valence-electron chi connectivity index (χ3n) is 3.73. The molecule has 0 aliphatic carbocycles. The predicted octanol–water partition coefficient (Wildman–Crippen LogP) is 4.30. The standard InChI is InChI=1S/C18H15N3O/c1-12-7-8-14(13(2)11-12)15-9-10-21(20-15)18-19-16-5-3-4-6-17(16)22-18/h3-11H,1-2H3. The van der Waals surface area contributed by atoms with E-state index in [9.17, 15) is 0 Å². The predicted molar refractivity (Wildman–Crippen MR) is 86.0 cm³/mol. The summed E-state index contributed by atoms with van der Waals surface area (Å²) in [5.41, 5.74) is 6.10. The number of benzene rings is 2. The number of hydrogen-bond acceptors (Lipinski definition) is 3. The average molecular weight is 289 g/mol. The molecule has 0 saturated heterocycles. The van der Waals surface area contributed by atoms with Gasteiger partial charge in [0.2, 0.25) is 0 Å². The molecule has 0 unspecified atom stereocenters. The third kappa shape index (κ3) is 2.09. The molecule has 4 heteroatoms. The maximum absolute atomic E-state index is 5.74. The summed E-state index contributed by atoms with van der Waals surface area (Å²) in [6, 6.07) is 16.5. The van der Waals surface area contributed by atoms with E-state index in [1.54, 1.807) is 4.68 Å². The Bertz CT molecular complexity index is 932. The van der Waals surface area contributed by atoms with E-state index in [1.807, 2.05) is 36.5 Å². The Hall–Kier alpha value is -2.88. The summed E-state index contributed by atoms with van der Waals surface area (Å²) in [5.74, 6) is 0. The lowest BCUT2D eigenvalue weighted by molar-refractivity contribution is 0.543. The second kappa shape index (κ2) is 4.84. The molecular formula is C18H15N3O. The van der Waals surface area contributed by atoms with Crippen LogP contribution in [-0.2, 0) is 0 Å². The van der Waals surface area contributed by atoms with Crippen LogP contribution in [0.2, 0.25) is 0 Å². The Morgan fingerprint density at radius 1 is 1.00 bits per heavy atom. The number of oxazole rings is 1. The first kappa shape index (κ1) is 12.8. The number of nitrogens with zero attached hydrogens (tertiary/aromatic N) is 3. The van der Waals surface area contributed by atoms with Crippen molar-refractivity contribution < 1.29 is 4.42 Å². The molecule has 108 valence electrons. The van der Waals surface area contributed by atoms with Crippen LogP contribution >= 0.6 is 0 Å². The Kier molecular flexibility index (Phi) is 2.82. The van der Waals surface area contributed by atoms with Gasteiger partial charge in [-0.2, -0.15) is 14.8 Å². The fourth-order valence-corrected chi connectivity index (χ4v) is 2.63. The lowest BCUT2D eigenvalue weighted by atomic mass is 10.0. The zero-order chi connectivity index (χ0) is 15.1. The van der Waals surface area contributed by atoms with Gasteiger partial charge in [0.15, 0.2) is 5.58 Å². The molecule has 0 spiro atoms. The lowest BCUT2D eigenvalue weighted by Crippen LogP contribution is -1.95. The van der Waals surface area contributed by atoms with Gasteiger partial charge in [0.25, 0.3) is 0 Å². The molecule has 0 fully saturated rings. The number of para-hydroxylation sites is 2. The van der Waals surface area contributed by atoms with Crippen molar-refractivity contribution in [2.24, 2.45) is 0 Å². The SMILES string of the molecule is Cc1ccc(-c2ccn(-c3nc4ccccc4o3)n2)c(C)c1. The molecule has 2 heterocycles. The number of hydrogen-bond donors (Lipinski definition) is 0. The second-order valence-electron chi connectivity index (χ2n) is 5.43. The number of aryl methyl sites for hydroxylation is 2. The van der Waals surface area contributed by atoms with Crippen molar-refractivity contribution in [2.45, 2.75) is 13.8 Å². The molecule has 4 rings (SSSR count). The fraction of sp³-hybridized carbons (Fsp3) is 0.111.